The number of hydrogen-bond acceptors (Lipinski definition) is 1. The predicted molar refractivity (Wildman–Crippen MR) is 75.9 cm³/mol. The Hall–Kier alpha value is -2.22. The van der Waals surface area contributed by atoms with Gasteiger partial charge in [-0.2, -0.15) is 0 Å². The standard InChI is InChI=1S/C16H14N2/c1-4-8-15-11(5-1)12-9-10-17-14-7-3-2-6-13(14)16(12)18-15/h1-8,17-18H,9-10H2. The quantitative estimate of drug-likeness (QED) is 0.608. The Morgan fingerprint density at radius 1 is 0.889 bits per heavy atom. The maximum Gasteiger partial charge on any atom is 0.0518 e. The van der Waals surface area contributed by atoms with Gasteiger partial charge < -0.3 is 10.3 Å². The fraction of sp³-hybridized carbons (Fsp3) is 0.125. The van der Waals surface area contributed by atoms with Crippen LogP contribution in [-0.2, 0) is 6.42 Å². The van der Waals surface area contributed by atoms with E-state index in [4.69, 9.17) is 0 Å². The molecule has 0 spiro atoms. The summed E-state index contributed by atoms with van der Waals surface area (Å²) in [5.41, 5.74) is 6.45. The summed E-state index contributed by atoms with van der Waals surface area (Å²) in [5, 5.41) is 4.86. The smallest absolute Gasteiger partial charge is 0.0518 e. The fourth-order valence-electron chi connectivity index (χ4n) is 2.87. The van der Waals surface area contributed by atoms with Crippen LogP contribution in [0.25, 0.3) is 22.2 Å². The van der Waals surface area contributed by atoms with E-state index in [0.29, 0.717) is 0 Å². The Morgan fingerprint density at radius 2 is 1.72 bits per heavy atom. The van der Waals surface area contributed by atoms with Crippen LogP contribution in [0.2, 0.25) is 0 Å². The molecule has 0 saturated carbocycles. The maximum absolute atomic E-state index is 3.57. The number of nitrogens with one attached hydrogen (secondary N) is 2. The van der Waals surface area contributed by atoms with Crippen molar-refractivity contribution in [2.45, 2.75) is 6.42 Å². The largest absolute Gasteiger partial charge is 0.384 e. The second-order valence-corrected chi connectivity index (χ2v) is 4.75. The van der Waals surface area contributed by atoms with E-state index in [1.165, 1.54) is 33.4 Å². The zero-order valence-electron chi connectivity index (χ0n) is 10.0. The number of hydrogen-bond donors (Lipinski definition) is 2. The summed E-state index contributed by atoms with van der Waals surface area (Å²) in [6.45, 7) is 0.992. The second kappa shape index (κ2) is 3.64. The van der Waals surface area contributed by atoms with Crippen molar-refractivity contribution in [3.05, 3.63) is 54.1 Å². The molecule has 0 bridgehead atoms. The predicted octanol–water partition coefficient (Wildman–Crippen LogP) is 3.80. The highest BCUT2D eigenvalue weighted by molar-refractivity contribution is 5.94. The molecule has 18 heavy (non-hydrogen) atoms. The van der Waals surface area contributed by atoms with Gasteiger partial charge in [-0.05, 0) is 24.1 Å². The van der Waals surface area contributed by atoms with E-state index in [1.54, 1.807) is 0 Å². The summed E-state index contributed by atoms with van der Waals surface area (Å²) < 4.78 is 0. The average molecular weight is 234 g/mol. The SMILES string of the molecule is c1ccc2c(c1)NCCc1c-2[nH]c2ccccc12. The van der Waals surface area contributed by atoms with Crippen LogP contribution in [0.3, 0.4) is 0 Å². The first-order chi connectivity index (χ1) is 8.93. The molecule has 1 aliphatic heterocycles. The third-order valence-electron chi connectivity index (χ3n) is 3.70. The molecule has 4 rings (SSSR count). The Morgan fingerprint density at radius 3 is 2.72 bits per heavy atom. The minimum Gasteiger partial charge on any atom is -0.384 e. The van der Waals surface area contributed by atoms with Crippen LogP contribution in [0.4, 0.5) is 5.69 Å². The van der Waals surface area contributed by atoms with Gasteiger partial charge in [-0.15, -0.1) is 0 Å². The summed E-state index contributed by atoms with van der Waals surface area (Å²) in [5.74, 6) is 0. The number of anilines is 1. The van der Waals surface area contributed by atoms with Crippen LogP contribution in [0.1, 0.15) is 5.56 Å². The average Bonchev–Trinajstić information content (AvgIpc) is 2.69. The summed E-state index contributed by atoms with van der Waals surface area (Å²) in [4.78, 5) is 3.57. The van der Waals surface area contributed by atoms with Gasteiger partial charge in [0.15, 0.2) is 0 Å². The topological polar surface area (TPSA) is 27.8 Å². The van der Waals surface area contributed by atoms with Gasteiger partial charge in [-0.25, -0.2) is 0 Å². The maximum atomic E-state index is 3.57. The Labute approximate surface area is 106 Å². The van der Waals surface area contributed by atoms with Crippen LogP contribution in [0.5, 0.6) is 0 Å². The minimum absolute atomic E-state index is 0.992. The lowest BCUT2D eigenvalue weighted by Gasteiger charge is -2.06. The van der Waals surface area contributed by atoms with E-state index in [1.807, 2.05) is 0 Å². The molecule has 1 aromatic heterocycles. The molecule has 0 radical (unpaired) electrons. The highest BCUT2D eigenvalue weighted by Gasteiger charge is 2.17. The third-order valence-corrected chi connectivity index (χ3v) is 3.70. The molecule has 1 aliphatic rings. The van der Waals surface area contributed by atoms with Crippen molar-refractivity contribution < 1.29 is 0 Å². The van der Waals surface area contributed by atoms with Crippen LogP contribution in [0.15, 0.2) is 48.5 Å². The van der Waals surface area contributed by atoms with Crippen molar-refractivity contribution >= 4 is 16.6 Å². The highest BCUT2D eigenvalue weighted by Crippen LogP contribution is 2.36. The molecule has 88 valence electrons. The van der Waals surface area contributed by atoms with E-state index < -0.39 is 0 Å². The Balaban J connectivity index is 2.09. The summed E-state index contributed by atoms with van der Waals surface area (Å²) >= 11 is 0. The molecule has 2 nitrogen and oxygen atoms in total. The molecule has 0 atom stereocenters. The van der Waals surface area contributed by atoms with Gasteiger partial charge in [0.2, 0.25) is 0 Å². The first kappa shape index (κ1) is 9.77. The van der Waals surface area contributed by atoms with Crippen molar-refractivity contribution in [1.29, 1.82) is 0 Å². The van der Waals surface area contributed by atoms with Crippen LogP contribution >= 0.6 is 0 Å². The van der Waals surface area contributed by atoms with Gasteiger partial charge in [0.1, 0.15) is 0 Å². The molecule has 0 saturated heterocycles. The van der Waals surface area contributed by atoms with Crippen molar-refractivity contribution in [2.24, 2.45) is 0 Å². The third kappa shape index (κ3) is 1.29. The first-order valence-corrected chi connectivity index (χ1v) is 6.36. The Bertz CT molecular complexity index is 725. The molecule has 2 heterocycles. The van der Waals surface area contributed by atoms with E-state index in [9.17, 15) is 0 Å². The van der Waals surface area contributed by atoms with Gasteiger partial charge in [-0.3, -0.25) is 0 Å². The van der Waals surface area contributed by atoms with Gasteiger partial charge in [0.05, 0.1) is 5.69 Å². The summed E-state index contributed by atoms with van der Waals surface area (Å²) in [7, 11) is 0. The van der Waals surface area contributed by atoms with E-state index in [0.717, 1.165) is 13.0 Å². The fourth-order valence-corrected chi connectivity index (χ4v) is 2.87. The molecular formula is C16H14N2. The van der Waals surface area contributed by atoms with Gasteiger partial charge in [0.25, 0.3) is 0 Å². The van der Waals surface area contributed by atoms with Gasteiger partial charge in [0, 0.05) is 28.7 Å². The minimum atomic E-state index is 0.992. The number of benzene rings is 2. The first-order valence-electron chi connectivity index (χ1n) is 6.36. The van der Waals surface area contributed by atoms with Gasteiger partial charge in [-0.1, -0.05) is 36.4 Å². The number of H-pyrrole nitrogens is 1. The van der Waals surface area contributed by atoms with Crippen LogP contribution in [-0.4, -0.2) is 11.5 Å². The molecule has 0 unspecified atom stereocenters. The normalized spacial score (nSPS) is 13.6. The zero-order valence-corrected chi connectivity index (χ0v) is 10.0. The molecule has 2 heteroatoms. The molecule has 2 N–H and O–H groups in total. The van der Waals surface area contributed by atoms with Crippen molar-refractivity contribution in [3.8, 4) is 11.3 Å². The van der Waals surface area contributed by atoms with Crippen molar-refractivity contribution in [2.75, 3.05) is 11.9 Å². The summed E-state index contributed by atoms with van der Waals surface area (Å²) in [6, 6.07) is 17.1. The van der Waals surface area contributed by atoms with Crippen molar-refractivity contribution in [1.82, 2.24) is 4.98 Å². The lowest BCUT2D eigenvalue weighted by Crippen LogP contribution is -2.01. The number of fused-ring (bicyclic) bond motifs is 5. The van der Waals surface area contributed by atoms with E-state index in [2.05, 4.69) is 58.8 Å². The zero-order chi connectivity index (χ0) is 11.9. The molecule has 0 aliphatic carbocycles. The van der Waals surface area contributed by atoms with Crippen LogP contribution in [0, 0.1) is 0 Å². The lowest BCUT2D eigenvalue weighted by molar-refractivity contribution is 1.05. The summed E-state index contributed by atoms with van der Waals surface area (Å²) in [6.07, 6.45) is 1.06. The Kier molecular flexibility index (Phi) is 1.97. The number of aromatic amines is 1. The second-order valence-electron chi connectivity index (χ2n) is 4.75. The monoisotopic (exact) mass is 234 g/mol. The highest BCUT2D eigenvalue weighted by atomic mass is 14.9. The lowest BCUT2D eigenvalue weighted by atomic mass is 10.0. The van der Waals surface area contributed by atoms with E-state index in [-0.39, 0.29) is 0 Å². The number of aromatic nitrogens is 1. The molecule has 0 fully saturated rings. The number of rotatable bonds is 0. The van der Waals surface area contributed by atoms with Gasteiger partial charge >= 0.3 is 0 Å². The molecular weight excluding hydrogens is 220 g/mol. The number of para-hydroxylation sites is 2. The molecule has 3 aromatic rings. The van der Waals surface area contributed by atoms with E-state index >= 15 is 0 Å². The van der Waals surface area contributed by atoms with Crippen LogP contribution < -0.4 is 5.32 Å². The van der Waals surface area contributed by atoms with Crippen molar-refractivity contribution in [3.63, 3.8) is 0 Å². The molecule has 2 aromatic carbocycles. The molecule has 0 amide bonds.